The Labute approximate surface area is 175 Å². The summed E-state index contributed by atoms with van der Waals surface area (Å²) in [6.45, 7) is 6.92. The Hall–Kier alpha value is -1.92. The molecule has 1 aliphatic rings. The molecule has 2 heterocycles. The molecule has 1 aliphatic heterocycles. The van der Waals surface area contributed by atoms with Crippen LogP contribution < -0.4 is 0 Å². The zero-order valence-electron chi connectivity index (χ0n) is 16.6. The van der Waals surface area contributed by atoms with E-state index in [2.05, 4.69) is 33.0 Å². The highest BCUT2D eigenvalue weighted by Gasteiger charge is 2.29. The summed E-state index contributed by atoms with van der Waals surface area (Å²) in [5, 5.41) is 0. The maximum atomic E-state index is 12.3. The van der Waals surface area contributed by atoms with Crippen LogP contribution in [0, 0.1) is 0 Å². The van der Waals surface area contributed by atoms with Gasteiger partial charge >= 0.3 is 6.09 Å². The highest BCUT2D eigenvalue weighted by Crippen LogP contribution is 2.30. The van der Waals surface area contributed by atoms with Gasteiger partial charge in [0.05, 0.1) is 11.8 Å². The van der Waals surface area contributed by atoms with Crippen molar-refractivity contribution in [1.29, 1.82) is 0 Å². The van der Waals surface area contributed by atoms with Crippen LogP contribution in [0.1, 0.15) is 51.0 Å². The number of ether oxygens (including phenoxy) is 2. The number of halogens is 1. The average Bonchev–Trinajstić information content (AvgIpc) is 2.66. The molecule has 1 saturated heterocycles. The number of benzene rings is 1. The fourth-order valence-electron chi connectivity index (χ4n) is 3.21. The van der Waals surface area contributed by atoms with Crippen molar-refractivity contribution in [3.05, 3.63) is 64.4 Å². The summed E-state index contributed by atoms with van der Waals surface area (Å²) >= 11 is 3.45. The van der Waals surface area contributed by atoms with E-state index in [1.165, 1.54) is 0 Å². The quantitative estimate of drug-likeness (QED) is 0.593. The molecule has 3 rings (SSSR count). The van der Waals surface area contributed by atoms with Gasteiger partial charge in [0.25, 0.3) is 0 Å². The number of carbonyl (C=O) groups is 1. The Morgan fingerprint density at radius 2 is 1.79 bits per heavy atom. The normalized spacial score (nSPS) is 16.6. The van der Waals surface area contributed by atoms with Crippen molar-refractivity contribution in [1.82, 2.24) is 9.88 Å². The SMILES string of the molecule is CC(C)(C)OC(=O)N1CCC(O[C@H](c2ccccc2)c2cccc(Br)n2)CC1. The molecular formula is C22H27BrN2O3. The molecule has 1 aromatic heterocycles. The Morgan fingerprint density at radius 1 is 1.11 bits per heavy atom. The second kappa shape index (κ2) is 9.05. The summed E-state index contributed by atoms with van der Waals surface area (Å²) in [6, 6.07) is 16.0. The first-order valence-corrected chi connectivity index (χ1v) is 10.4. The summed E-state index contributed by atoms with van der Waals surface area (Å²) < 4.78 is 12.7. The second-order valence-electron chi connectivity index (χ2n) is 7.98. The molecule has 0 spiro atoms. The van der Waals surface area contributed by atoms with Crippen LogP contribution in [-0.2, 0) is 9.47 Å². The summed E-state index contributed by atoms with van der Waals surface area (Å²) in [5.41, 5.74) is 1.47. The minimum Gasteiger partial charge on any atom is -0.444 e. The van der Waals surface area contributed by atoms with E-state index in [9.17, 15) is 4.79 Å². The van der Waals surface area contributed by atoms with Gasteiger partial charge in [-0.1, -0.05) is 36.4 Å². The first kappa shape index (κ1) is 20.8. The van der Waals surface area contributed by atoms with Gasteiger partial charge in [0.2, 0.25) is 0 Å². The van der Waals surface area contributed by atoms with Crippen LogP contribution in [0.4, 0.5) is 4.79 Å². The molecule has 1 atom stereocenters. The molecule has 28 heavy (non-hydrogen) atoms. The largest absolute Gasteiger partial charge is 0.444 e. The van der Waals surface area contributed by atoms with Gasteiger partial charge in [0, 0.05) is 13.1 Å². The van der Waals surface area contributed by atoms with Gasteiger partial charge in [-0.15, -0.1) is 0 Å². The standard InChI is InChI=1S/C22H27BrN2O3/c1-22(2,3)28-21(26)25-14-12-17(13-15-25)27-20(16-8-5-4-6-9-16)18-10-7-11-19(23)24-18/h4-11,17,20H,12-15H2,1-3H3/t20-/m1/s1. The molecule has 0 unspecified atom stereocenters. The monoisotopic (exact) mass is 446 g/mol. The number of likely N-dealkylation sites (tertiary alicyclic amines) is 1. The summed E-state index contributed by atoms with van der Waals surface area (Å²) in [4.78, 5) is 18.6. The van der Waals surface area contributed by atoms with E-state index < -0.39 is 5.60 Å². The van der Waals surface area contributed by atoms with E-state index in [1.54, 1.807) is 4.90 Å². The van der Waals surface area contributed by atoms with Crippen molar-refractivity contribution in [3.63, 3.8) is 0 Å². The van der Waals surface area contributed by atoms with Crippen molar-refractivity contribution in [2.24, 2.45) is 0 Å². The van der Waals surface area contributed by atoms with Crippen LogP contribution in [0.15, 0.2) is 53.1 Å². The fraction of sp³-hybridized carbons (Fsp3) is 0.455. The van der Waals surface area contributed by atoms with Crippen LogP contribution >= 0.6 is 15.9 Å². The van der Waals surface area contributed by atoms with Gasteiger partial charge in [-0.3, -0.25) is 0 Å². The molecule has 5 nitrogen and oxygen atoms in total. The van der Waals surface area contributed by atoms with E-state index in [4.69, 9.17) is 9.47 Å². The number of aromatic nitrogens is 1. The number of rotatable bonds is 4. The average molecular weight is 447 g/mol. The molecule has 0 N–H and O–H groups in total. The van der Waals surface area contributed by atoms with Gasteiger partial charge in [-0.25, -0.2) is 9.78 Å². The molecule has 6 heteroatoms. The zero-order valence-corrected chi connectivity index (χ0v) is 18.2. The van der Waals surface area contributed by atoms with E-state index in [1.807, 2.05) is 57.2 Å². The van der Waals surface area contributed by atoms with Gasteiger partial charge in [0.1, 0.15) is 16.3 Å². The number of nitrogens with zero attached hydrogens (tertiary/aromatic N) is 2. The van der Waals surface area contributed by atoms with Crippen LogP contribution in [0.3, 0.4) is 0 Å². The number of amides is 1. The molecule has 150 valence electrons. The number of carbonyl (C=O) groups excluding carboxylic acids is 1. The molecule has 2 aromatic rings. The molecule has 0 aliphatic carbocycles. The van der Waals surface area contributed by atoms with Crippen LogP contribution in [-0.4, -0.2) is 40.8 Å². The first-order chi connectivity index (χ1) is 13.3. The number of pyridine rings is 1. The Balaban J connectivity index is 1.67. The van der Waals surface area contributed by atoms with E-state index in [0.29, 0.717) is 13.1 Å². The lowest BCUT2D eigenvalue weighted by Gasteiger charge is -2.35. The van der Waals surface area contributed by atoms with Crippen LogP contribution in [0.5, 0.6) is 0 Å². The predicted octanol–water partition coefficient (Wildman–Crippen LogP) is 5.35. The third-order valence-corrected chi connectivity index (χ3v) is 4.97. The van der Waals surface area contributed by atoms with Gasteiger partial charge in [-0.2, -0.15) is 0 Å². The highest BCUT2D eigenvalue weighted by molar-refractivity contribution is 9.10. The van der Waals surface area contributed by atoms with E-state index in [-0.39, 0.29) is 18.3 Å². The summed E-state index contributed by atoms with van der Waals surface area (Å²) in [5.74, 6) is 0. The van der Waals surface area contributed by atoms with Crippen molar-refractivity contribution in [2.75, 3.05) is 13.1 Å². The molecule has 1 fully saturated rings. The summed E-state index contributed by atoms with van der Waals surface area (Å²) in [7, 11) is 0. The first-order valence-electron chi connectivity index (χ1n) is 9.62. The Morgan fingerprint density at radius 3 is 2.39 bits per heavy atom. The van der Waals surface area contributed by atoms with E-state index in [0.717, 1.165) is 28.7 Å². The van der Waals surface area contributed by atoms with Crippen molar-refractivity contribution in [2.45, 2.75) is 51.4 Å². The third kappa shape index (κ3) is 5.79. The lowest BCUT2D eigenvalue weighted by Crippen LogP contribution is -2.43. The van der Waals surface area contributed by atoms with Gasteiger partial charge in [0.15, 0.2) is 0 Å². The number of piperidine rings is 1. The minimum atomic E-state index is -0.477. The molecule has 0 radical (unpaired) electrons. The van der Waals surface area contributed by atoms with Gasteiger partial charge < -0.3 is 14.4 Å². The number of hydrogen-bond acceptors (Lipinski definition) is 4. The van der Waals surface area contributed by atoms with Crippen LogP contribution in [0.25, 0.3) is 0 Å². The minimum absolute atomic E-state index is 0.0599. The topological polar surface area (TPSA) is 51.7 Å². The Kier molecular flexibility index (Phi) is 6.73. The maximum Gasteiger partial charge on any atom is 0.410 e. The van der Waals surface area contributed by atoms with Crippen molar-refractivity contribution >= 4 is 22.0 Å². The maximum absolute atomic E-state index is 12.3. The van der Waals surface area contributed by atoms with Gasteiger partial charge in [-0.05, 0) is 67.2 Å². The fourth-order valence-corrected chi connectivity index (χ4v) is 3.57. The lowest BCUT2D eigenvalue weighted by atomic mass is 10.0. The summed E-state index contributed by atoms with van der Waals surface area (Å²) in [6.07, 6.45) is 1.12. The lowest BCUT2D eigenvalue weighted by molar-refractivity contribution is -0.0350. The molecule has 0 bridgehead atoms. The van der Waals surface area contributed by atoms with Crippen LogP contribution in [0.2, 0.25) is 0 Å². The molecule has 1 amide bonds. The zero-order chi connectivity index (χ0) is 20.1. The molecular weight excluding hydrogens is 420 g/mol. The second-order valence-corrected chi connectivity index (χ2v) is 8.79. The molecule has 0 saturated carbocycles. The van der Waals surface area contributed by atoms with E-state index >= 15 is 0 Å². The highest BCUT2D eigenvalue weighted by atomic mass is 79.9. The van der Waals surface area contributed by atoms with Crippen molar-refractivity contribution < 1.29 is 14.3 Å². The third-order valence-electron chi connectivity index (χ3n) is 4.53. The smallest absolute Gasteiger partial charge is 0.410 e. The molecule has 1 aromatic carbocycles. The van der Waals surface area contributed by atoms with Crippen molar-refractivity contribution in [3.8, 4) is 0 Å². The number of hydrogen-bond donors (Lipinski definition) is 0. The predicted molar refractivity (Wildman–Crippen MR) is 112 cm³/mol. The Bertz CT molecular complexity index is 784.